The molecular formula is C16H15NO2. The van der Waals surface area contributed by atoms with E-state index in [0.29, 0.717) is 6.54 Å². The molecule has 3 nitrogen and oxygen atoms in total. The Morgan fingerprint density at radius 2 is 2.05 bits per heavy atom. The van der Waals surface area contributed by atoms with Crippen molar-refractivity contribution >= 4 is 11.0 Å². The van der Waals surface area contributed by atoms with Gasteiger partial charge in [0.1, 0.15) is 11.3 Å². The van der Waals surface area contributed by atoms with Crippen LogP contribution in [-0.4, -0.2) is 7.11 Å². The zero-order valence-electron chi connectivity index (χ0n) is 10.7. The topological polar surface area (TPSA) is 48.4 Å². The standard InChI is InChI=1S/C16H15NO2/c1-18-15-6-5-13(16-14(15)7-8-19-16)12-4-2-3-11(9-12)10-17/h2-9H,10,17H2,1H3. The molecule has 0 atom stereocenters. The first-order valence-electron chi connectivity index (χ1n) is 6.17. The summed E-state index contributed by atoms with van der Waals surface area (Å²) in [6.07, 6.45) is 1.68. The predicted molar refractivity (Wildman–Crippen MR) is 76.1 cm³/mol. The molecule has 96 valence electrons. The minimum absolute atomic E-state index is 0.533. The predicted octanol–water partition coefficient (Wildman–Crippen LogP) is 3.57. The summed E-state index contributed by atoms with van der Waals surface area (Å²) in [4.78, 5) is 0. The van der Waals surface area contributed by atoms with Crippen molar-refractivity contribution < 1.29 is 9.15 Å². The number of hydrogen-bond acceptors (Lipinski definition) is 3. The lowest BCUT2D eigenvalue weighted by Gasteiger charge is -2.07. The maximum atomic E-state index is 5.69. The van der Waals surface area contributed by atoms with Crippen LogP contribution in [0.15, 0.2) is 53.1 Å². The van der Waals surface area contributed by atoms with E-state index in [1.165, 1.54) is 0 Å². The summed E-state index contributed by atoms with van der Waals surface area (Å²) in [5.74, 6) is 0.822. The Balaban J connectivity index is 2.22. The summed E-state index contributed by atoms with van der Waals surface area (Å²) in [6.45, 7) is 0.533. The van der Waals surface area contributed by atoms with Gasteiger partial charge in [-0.1, -0.05) is 18.2 Å². The molecule has 0 amide bonds. The van der Waals surface area contributed by atoms with E-state index in [-0.39, 0.29) is 0 Å². The van der Waals surface area contributed by atoms with Crippen LogP contribution in [0.25, 0.3) is 22.1 Å². The molecular weight excluding hydrogens is 238 g/mol. The first-order chi connectivity index (χ1) is 9.33. The Kier molecular flexibility index (Phi) is 2.97. The molecule has 0 aliphatic heterocycles. The molecule has 19 heavy (non-hydrogen) atoms. The van der Waals surface area contributed by atoms with Crippen molar-refractivity contribution in [2.75, 3.05) is 7.11 Å². The highest BCUT2D eigenvalue weighted by atomic mass is 16.5. The number of furan rings is 1. The van der Waals surface area contributed by atoms with Crippen LogP contribution in [0.4, 0.5) is 0 Å². The summed E-state index contributed by atoms with van der Waals surface area (Å²) in [6, 6.07) is 14.1. The maximum absolute atomic E-state index is 5.69. The number of hydrogen-bond donors (Lipinski definition) is 1. The van der Waals surface area contributed by atoms with Gasteiger partial charge in [-0.3, -0.25) is 0 Å². The van der Waals surface area contributed by atoms with Crippen molar-refractivity contribution in [3.8, 4) is 16.9 Å². The third-order valence-corrected chi connectivity index (χ3v) is 3.27. The minimum Gasteiger partial charge on any atom is -0.496 e. The zero-order valence-corrected chi connectivity index (χ0v) is 10.7. The van der Waals surface area contributed by atoms with Crippen LogP contribution in [0.1, 0.15) is 5.56 Å². The number of benzene rings is 2. The Bertz CT molecular complexity index is 716. The highest BCUT2D eigenvalue weighted by Gasteiger charge is 2.11. The van der Waals surface area contributed by atoms with E-state index in [1.54, 1.807) is 13.4 Å². The number of fused-ring (bicyclic) bond motifs is 1. The lowest BCUT2D eigenvalue weighted by molar-refractivity contribution is 0.419. The molecule has 2 N–H and O–H groups in total. The van der Waals surface area contributed by atoms with Gasteiger partial charge in [0, 0.05) is 12.1 Å². The Morgan fingerprint density at radius 3 is 2.84 bits per heavy atom. The monoisotopic (exact) mass is 253 g/mol. The molecule has 0 unspecified atom stereocenters. The normalized spacial score (nSPS) is 10.8. The number of ether oxygens (including phenoxy) is 1. The highest BCUT2D eigenvalue weighted by molar-refractivity contribution is 5.96. The molecule has 3 aromatic rings. The second-order valence-electron chi connectivity index (χ2n) is 4.38. The Labute approximate surface area is 111 Å². The summed E-state index contributed by atoms with van der Waals surface area (Å²) in [5.41, 5.74) is 9.79. The van der Waals surface area contributed by atoms with E-state index < -0.39 is 0 Å². The molecule has 0 radical (unpaired) electrons. The van der Waals surface area contributed by atoms with Gasteiger partial charge in [0.25, 0.3) is 0 Å². The molecule has 1 aromatic heterocycles. The van der Waals surface area contributed by atoms with Crippen molar-refractivity contribution in [1.82, 2.24) is 0 Å². The quantitative estimate of drug-likeness (QED) is 0.776. The lowest BCUT2D eigenvalue weighted by atomic mass is 10.0. The molecule has 0 aliphatic rings. The van der Waals surface area contributed by atoms with Crippen molar-refractivity contribution in [3.05, 3.63) is 54.3 Å². The van der Waals surface area contributed by atoms with Crippen LogP contribution in [0.5, 0.6) is 5.75 Å². The molecule has 0 saturated heterocycles. The van der Waals surface area contributed by atoms with Gasteiger partial charge in [0.05, 0.1) is 18.8 Å². The summed E-state index contributed by atoms with van der Waals surface area (Å²) < 4.78 is 10.9. The molecule has 1 heterocycles. The van der Waals surface area contributed by atoms with Crippen LogP contribution in [0, 0.1) is 0 Å². The third kappa shape index (κ3) is 1.98. The van der Waals surface area contributed by atoms with E-state index in [4.69, 9.17) is 14.9 Å². The average Bonchev–Trinajstić information content (AvgIpc) is 2.95. The molecule has 0 aliphatic carbocycles. The van der Waals surface area contributed by atoms with E-state index >= 15 is 0 Å². The molecule has 0 fully saturated rings. The van der Waals surface area contributed by atoms with E-state index in [0.717, 1.165) is 33.4 Å². The second kappa shape index (κ2) is 4.78. The van der Waals surface area contributed by atoms with Crippen LogP contribution in [0.3, 0.4) is 0 Å². The lowest BCUT2D eigenvalue weighted by Crippen LogP contribution is -1.95. The molecule has 0 bridgehead atoms. The van der Waals surface area contributed by atoms with Gasteiger partial charge >= 0.3 is 0 Å². The zero-order chi connectivity index (χ0) is 13.2. The molecule has 3 heteroatoms. The van der Waals surface area contributed by atoms with Gasteiger partial charge in [0.15, 0.2) is 0 Å². The van der Waals surface area contributed by atoms with Crippen molar-refractivity contribution in [1.29, 1.82) is 0 Å². The van der Waals surface area contributed by atoms with Gasteiger partial charge in [0.2, 0.25) is 0 Å². The summed E-state index contributed by atoms with van der Waals surface area (Å²) in [5, 5.41) is 0.984. The second-order valence-corrected chi connectivity index (χ2v) is 4.38. The van der Waals surface area contributed by atoms with Gasteiger partial charge in [-0.25, -0.2) is 0 Å². The van der Waals surface area contributed by atoms with Gasteiger partial charge < -0.3 is 14.9 Å². The van der Waals surface area contributed by atoms with Crippen molar-refractivity contribution in [2.24, 2.45) is 5.73 Å². The first kappa shape index (κ1) is 11.8. The molecule has 3 rings (SSSR count). The first-order valence-corrected chi connectivity index (χ1v) is 6.17. The van der Waals surface area contributed by atoms with E-state index in [2.05, 4.69) is 12.1 Å². The van der Waals surface area contributed by atoms with Crippen molar-refractivity contribution in [3.63, 3.8) is 0 Å². The molecule has 0 spiro atoms. The van der Waals surface area contributed by atoms with Crippen LogP contribution in [-0.2, 0) is 6.54 Å². The highest BCUT2D eigenvalue weighted by Crippen LogP contribution is 2.35. The number of rotatable bonds is 3. The van der Waals surface area contributed by atoms with Gasteiger partial charge in [-0.15, -0.1) is 0 Å². The summed E-state index contributed by atoms with van der Waals surface area (Å²) in [7, 11) is 1.66. The minimum atomic E-state index is 0.533. The third-order valence-electron chi connectivity index (χ3n) is 3.27. The fourth-order valence-electron chi connectivity index (χ4n) is 2.31. The Hall–Kier alpha value is -2.26. The fraction of sp³-hybridized carbons (Fsp3) is 0.125. The van der Waals surface area contributed by atoms with Crippen LogP contribution >= 0.6 is 0 Å². The maximum Gasteiger partial charge on any atom is 0.145 e. The molecule has 2 aromatic carbocycles. The average molecular weight is 253 g/mol. The van der Waals surface area contributed by atoms with Gasteiger partial charge in [-0.05, 0) is 35.4 Å². The van der Waals surface area contributed by atoms with Crippen molar-refractivity contribution in [2.45, 2.75) is 6.54 Å². The fourth-order valence-corrected chi connectivity index (χ4v) is 2.31. The van der Waals surface area contributed by atoms with E-state index in [9.17, 15) is 0 Å². The Morgan fingerprint density at radius 1 is 1.16 bits per heavy atom. The van der Waals surface area contributed by atoms with Crippen LogP contribution in [0.2, 0.25) is 0 Å². The number of methoxy groups -OCH3 is 1. The number of nitrogens with two attached hydrogens (primary N) is 1. The summed E-state index contributed by atoms with van der Waals surface area (Å²) >= 11 is 0. The van der Waals surface area contributed by atoms with Crippen LogP contribution < -0.4 is 10.5 Å². The largest absolute Gasteiger partial charge is 0.496 e. The SMILES string of the molecule is COc1ccc(-c2cccc(CN)c2)c2occc12. The van der Waals surface area contributed by atoms with Gasteiger partial charge in [-0.2, -0.15) is 0 Å². The van der Waals surface area contributed by atoms with E-state index in [1.807, 2.05) is 30.3 Å². The molecule has 0 saturated carbocycles. The smallest absolute Gasteiger partial charge is 0.145 e.